The number of rotatable bonds is 3. The Kier molecular flexibility index (Phi) is 4.00. The number of primary sulfonamides is 1. The predicted molar refractivity (Wildman–Crippen MR) is 88.4 cm³/mol. The second-order valence-electron chi connectivity index (χ2n) is 5.10. The number of anilines is 1. The molecule has 3 N–H and O–H groups in total. The number of benzene rings is 1. The van der Waals surface area contributed by atoms with E-state index in [-0.39, 0.29) is 10.9 Å². The average molecular weight is 340 g/mol. The van der Waals surface area contributed by atoms with Crippen molar-refractivity contribution in [1.29, 1.82) is 0 Å². The maximum absolute atomic E-state index is 11.4. The summed E-state index contributed by atoms with van der Waals surface area (Å²) in [7, 11) is -3.67. The molecule has 0 saturated heterocycles. The average Bonchev–Trinajstić information content (AvgIpc) is 2.86. The second-order valence-corrected chi connectivity index (χ2v) is 9.28. The fraction of sp³-hybridized carbons (Fsp3) is 0.286. The molecule has 1 aliphatic heterocycles. The van der Waals surface area contributed by atoms with Crippen molar-refractivity contribution in [3.05, 3.63) is 41.3 Å². The minimum absolute atomic E-state index is 0.135. The maximum atomic E-state index is 11.4. The molecule has 0 radical (unpaired) electrons. The molecule has 0 aliphatic carbocycles. The molecule has 0 amide bonds. The highest BCUT2D eigenvalue weighted by Crippen LogP contribution is 2.44. The first-order valence-electron chi connectivity index (χ1n) is 6.57. The van der Waals surface area contributed by atoms with Crippen molar-refractivity contribution in [1.82, 2.24) is 0 Å². The van der Waals surface area contributed by atoms with E-state index in [0.717, 1.165) is 12.1 Å². The highest BCUT2D eigenvalue weighted by molar-refractivity contribution is 8.01. The molecule has 1 aromatic carbocycles. The van der Waals surface area contributed by atoms with Crippen LogP contribution in [-0.4, -0.2) is 13.7 Å². The summed E-state index contributed by atoms with van der Waals surface area (Å²) in [6.07, 6.45) is 1.01. The molecule has 4 nitrogen and oxygen atoms in total. The Morgan fingerprint density at radius 3 is 2.90 bits per heavy atom. The molecule has 0 bridgehead atoms. The lowest BCUT2D eigenvalue weighted by molar-refractivity contribution is 0.597. The number of nitrogens with one attached hydrogen (secondary N) is 1. The molecule has 1 aliphatic rings. The molecular formula is C14H16N2O2S3. The van der Waals surface area contributed by atoms with Crippen LogP contribution in [0.5, 0.6) is 0 Å². The van der Waals surface area contributed by atoms with Crippen molar-refractivity contribution in [2.45, 2.75) is 33.7 Å². The third-order valence-corrected chi connectivity index (χ3v) is 6.67. The van der Waals surface area contributed by atoms with E-state index in [4.69, 9.17) is 5.14 Å². The van der Waals surface area contributed by atoms with Gasteiger partial charge >= 0.3 is 0 Å². The Labute approximate surface area is 132 Å². The number of hydrogen-bond acceptors (Lipinski definition) is 5. The standard InChI is InChI=1S/C14H16N2O2S3/c1-9-7-13(12-5-6-19-14(12)20-9)16-10-3-2-4-11(8-10)21(15,17)18/h2-6,8-9,13,16H,7H2,1H3,(H2,15,17,18)/t9-,13?/m0/s1. The highest BCUT2D eigenvalue weighted by atomic mass is 32.2. The summed E-state index contributed by atoms with van der Waals surface area (Å²) >= 11 is 3.66. The summed E-state index contributed by atoms with van der Waals surface area (Å²) < 4.78 is 24.2. The molecular weight excluding hydrogens is 324 g/mol. The first-order chi connectivity index (χ1) is 9.93. The van der Waals surface area contributed by atoms with Crippen LogP contribution in [0.25, 0.3) is 0 Å². The number of thioether (sulfide) groups is 1. The molecule has 0 fully saturated rings. The summed E-state index contributed by atoms with van der Waals surface area (Å²) in [5, 5.41) is 11.3. The van der Waals surface area contributed by atoms with Crippen LogP contribution in [0.2, 0.25) is 0 Å². The number of hydrogen-bond donors (Lipinski definition) is 2. The normalized spacial score (nSPS) is 21.8. The zero-order chi connectivity index (χ0) is 15.0. The minimum atomic E-state index is -3.67. The number of nitrogens with two attached hydrogens (primary N) is 1. The quantitative estimate of drug-likeness (QED) is 0.898. The molecule has 1 unspecified atom stereocenters. The van der Waals surface area contributed by atoms with Gasteiger partial charge in [0.15, 0.2) is 0 Å². The number of thiophene rings is 1. The van der Waals surface area contributed by atoms with Gasteiger partial charge in [0.25, 0.3) is 0 Å². The van der Waals surface area contributed by atoms with Crippen LogP contribution >= 0.6 is 23.1 Å². The lowest BCUT2D eigenvalue weighted by atomic mass is 10.0. The first-order valence-corrected chi connectivity index (χ1v) is 9.87. The van der Waals surface area contributed by atoms with Crippen molar-refractivity contribution >= 4 is 38.8 Å². The van der Waals surface area contributed by atoms with Gasteiger partial charge in [0.2, 0.25) is 10.0 Å². The number of sulfonamides is 1. The van der Waals surface area contributed by atoms with Gasteiger partial charge in [-0.2, -0.15) is 0 Å². The fourth-order valence-electron chi connectivity index (χ4n) is 2.45. The van der Waals surface area contributed by atoms with Crippen LogP contribution in [0, 0.1) is 0 Å². The molecule has 0 spiro atoms. The van der Waals surface area contributed by atoms with E-state index in [2.05, 4.69) is 23.7 Å². The van der Waals surface area contributed by atoms with Crippen LogP contribution in [0.3, 0.4) is 0 Å². The Bertz CT molecular complexity index is 755. The topological polar surface area (TPSA) is 72.2 Å². The summed E-state index contributed by atoms with van der Waals surface area (Å²) in [6.45, 7) is 2.21. The van der Waals surface area contributed by atoms with E-state index in [1.54, 1.807) is 23.5 Å². The molecule has 112 valence electrons. The van der Waals surface area contributed by atoms with Crippen LogP contribution < -0.4 is 10.5 Å². The fourth-order valence-corrected chi connectivity index (χ4v) is 5.58. The van der Waals surface area contributed by atoms with Crippen LogP contribution in [0.1, 0.15) is 24.9 Å². The molecule has 2 atom stereocenters. The van der Waals surface area contributed by atoms with E-state index in [0.29, 0.717) is 5.25 Å². The van der Waals surface area contributed by atoms with Gasteiger partial charge in [-0.1, -0.05) is 13.0 Å². The second kappa shape index (κ2) is 5.64. The van der Waals surface area contributed by atoms with Crippen molar-refractivity contribution in [2.75, 3.05) is 5.32 Å². The summed E-state index contributed by atoms with van der Waals surface area (Å²) in [4.78, 5) is 0.135. The van der Waals surface area contributed by atoms with E-state index in [1.165, 1.54) is 15.8 Å². The van der Waals surface area contributed by atoms with Gasteiger partial charge in [0, 0.05) is 10.9 Å². The first kappa shape index (κ1) is 14.9. The van der Waals surface area contributed by atoms with E-state index < -0.39 is 10.0 Å². The molecule has 1 aromatic heterocycles. The molecule has 3 rings (SSSR count). The Morgan fingerprint density at radius 1 is 1.33 bits per heavy atom. The van der Waals surface area contributed by atoms with Gasteiger partial charge in [-0.25, -0.2) is 13.6 Å². The van der Waals surface area contributed by atoms with Crippen molar-refractivity contribution in [3.63, 3.8) is 0 Å². The largest absolute Gasteiger partial charge is 0.378 e. The van der Waals surface area contributed by atoms with Gasteiger partial charge in [-0.15, -0.1) is 23.1 Å². The van der Waals surface area contributed by atoms with E-state index in [1.807, 2.05) is 17.8 Å². The third-order valence-electron chi connectivity index (χ3n) is 3.41. The Balaban J connectivity index is 1.88. The van der Waals surface area contributed by atoms with Crippen LogP contribution in [0.15, 0.2) is 44.8 Å². The monoisotopic (exact) mass is 340 g/mol. The zero-order valence-corrected chi connectivity index (χ0v) is 13.9. The van der Waals surface area contributed by atoms with Crippen molar-refractivity contribution in [2.24, 2.45) is 5.14 Å². The zero-order valence-electron chi connectivity index (χ0n) is 11.4. The lowest BCUT2D eigenvalue weighted by Crippen LogP contribution is -2.19. The SMILES string of the molecule is C[C@H]1CC(Nc2cccc(S(N)(=O)=O)c2)c2ccsc2S1. The maximum Gasteiger partial charge on any atom is 0.238 e. The number of fused-ring (bicyclic) bond motifs is 1. The van der Waals surface area contributed by atoms with Gasteiger partial charge in [-0.05, 0) is 41.6 Å². The van der Waals surface area contributed by atoms with E-state index in [9.17, 15) is 8.42 Å². The molecule has 7 heteroatoms. The highest BCUT2D eigenvalue weighted by Gasteiger charge is 2.26. The van der Waals surface area contributed by atoms with Gasteiger partial charge in [0.1, 0.15) is 0 Å². The van der Waals surface area contributed by atoms with Gasteiger partial charge in [-0.3, -0.25) is 0 Å². The summed E-state index contributed by atoms with van der Waals surface area (Å²) in [5.74, 6) is 0. The Morgan fingerprint density at radius 2 is 2.14 bits per heavy atom. The smallest absolute Gasteiger partial charge is 0.238 e. The third kappa shape index (κ3) is 3.26. The molecule has 0 saturated carbocycles. The molecule has 2 aromatic rings. The van der Waals surface area contributed by atoms with E-state index >= 15 is 0 Å². The van der Waals surface area contributed by atoms with Gasteiger partial charge < -0.3 is 5.32 Å². The molecule has 2 heterocycles. The summed E-state index contributed by atoms with van der Waals surface area (Å²) in [5.41, 5.74) is 2.08. The van der Waals surface area contributed by atoms with Crippen molar-refractivity contribution < 1.29 is 8.42 Å². The predicted octanol–water partition coefficient (Wildman–Crippen LogP) is 3.43. The minimum Gasteiger partial charge on any atom is -0.378 e. The van der Waals surface area contributed by atoms with Crippen LogP contribution in [-0.2, 0) is 10.0 Å². The Hall–Kier alpha value is -1.02. The lowest BCUT2D eigenvalue weighted by Gasteiger charge is -2.28. The van der Waals surface area contributed by atoms with Gasteiger partial charge in [0.05, 0.1) is 15.1 Å². The van der Waals surface area contributed by atoms with Crippen molar-refractivity contribution in [3.8, 4) is 0 Å². The van der Waals surface area contributed by atoms with Crippen LogP contribution in [0.4, 0.5) is 5.69 Å². The molecule has 21 heavy (non-hydrogen) atoms. The summed E-state index contributed by atoms with van der Waals surface area (Å²) in [6, 6.07) is 9.02.